The van der Waals surface area contributed by atoms with Crippen LogP contribution in [0.3, 0.4) is 0 Å². The zero-order valence-corrected chi connectivity index (χ0v) is 10.2. The Morgan fingerprint density at radius 1 is 1.22 bits per heavy atom. The van der Waals surface area contributed by atoms with Crippen LogP contribution in [0, 0.1) is 0 Å². The fourth-order valence-electron chi connectivity index (χ4n) is 2.26. The molecule has 0 bridgehead atoms. The van der Waals surface area contributed by atoms with Crippen molar-refractivity contribution in [1.82, 2.24) is 4.90 Å². The number of carboxylic acids is 1. The number of rotatable bonds is 2. The lowest BCUT2D eigenvalue weighted by Crippen LogP contribution is -2.39. The number of amides is 1. The maximum absolute atomic E-state index is 11.0. The van der Waals surface area contributed by atoms with Crippen LogP contribution in [0.1, 0.15) is 17.9 Å². The van der Waals surface area contributed by atoms with Gasteiger partial charge in [-0.05, 0) is 24.1 Å². The molecule has 96 valence electrons. The Balaban J connectivity index is 2.20. The Morgan fingerprint density at radius 3 is 2.28 bits per heavy atom. The Hall–Kier alpha value is -1.75. The van der Waals surface area contributed by atoms with E-state index >= 15 is 0 Å². The molecule has 6 heteroatoms. The predicted molar refractivity (Wildman–Crippen MR) is 65.0 cm³/mol. The molecule has 2 rings (SSSR count). The van der Waals surface area contributed by atoms with Gasteiger partial charge in [0.2, 0.25) is 0 Å². The van der Waals surface area contributed by atoms with Gasteiger partial charge in [-0.15, -0.1) is 0 Å². The summed E-state index contributed by atoms with van der Waals surface area (Å²) < 4.78 is 0. The molecular formula is C12H12ClNO4. The lowest BCUT2D eigenvalue weighted by molar-refractivity contribution is -0.141. The van der Waals surface area contributed by atoms with Crippen molar-refractivity contribution in [3.8, 4) is 0 Å². The molecule has 1 saturated heterocycles. The van der Waals surface area contributed by atoms with E-state index in [9.17, 15) is 9.59 Å². The highest BCUT2D eigenvalue weighted by molar-refractivity contribution is 6.30. The lowest BCUT2D eigenvalue weighted by atomic mass is 9.96. The molecule has 2 atom stereocenters. The summed E-state index contributed by atoms with van der Waals surface area (Å²) in [5.41, 5.74) is 0.911. The van der Waals surface area contributed by atoms with E-state index in [1.807, 2.05) is 0 Å². The molecule has 0 saturated carbocycles. The molecule has 1 aromatic carbocycles. The van der Waals surface area contributed by atoms with Crippen molar-refractivity contribution in [3.05, 3.63) is 34.9 Å². The van der Waals surface area contributed by atoms with Crippen LogP contribution in [0.4, 0.5) is 4.79 Å². The van der Waals surface area contributed by atoms with E-state index in [1.165, 1.54) is 0 Å². The maximum Gasteiger partial charge on any atom is 0.408 e. The lowest BCUT2D eigenvalue weighted by Gasteiger charge is -2.16. The molecule has 5 nitrogen and oxygen atoms in total. The smallest absolute Gasteiger partial charge is 0.408 e. The molecule has 0 aromatic heterocycles. The van der Waals surface area contributed by atoms with Gasteiger partial charge in [0.25, 0.3) is 0 Å². The second kappa shape index (κ2) is 4.86. The highest BCUT2D eigenvalue weighted by atomic mass is 35.5. The Labute approximate surface area is 109 Å². The summed E-state index contributed by atoms with van der Waals surface area (Å²) in [6, 6.07) is 6.07. The number of halogens is 1. The molecule has 1 unspecified atom stereocenters. The summed E-state index contributed by atoms with van der Waals surface area (Å²) in [6.45, 7) is 0.202. The minimum atomic E-state index is -1.20. The van der Waals surface area contributed by atoms with Crippen molar-refractivity contribution in [3.63, 3.8) is 0 Å². The fourth-order valence-corrected chi connectivity index (χ4v) is 2.38. The number of nitrogens with zero attached hydrogens (tertiary/aromatic N) is 1. The van der Waals surface area contributed by atoms with Gasteiger partial charge < -0.3 is 10.2 Å². The van der Waals surface area contributed by atoms with Gasteiger partial charge in [-0.1, -0.05) is 23.7 Å². The van der Waals surface area contributed by atoms with Gasteiger partial charge in [0.1, 0.15) is 6.04 Å². The monoisotopic (exact) mass is 269 g/mol. The molecule has 1 fully saturated rings. The third-order valence-corrected chi connectivity index (χ3v) is 3.43. The van der Waals surface area contributed by atoms with Crippen molar-refractivity contribution >= 4 is 23.7 Å². The Morgan fingerprint density at radius 2 is 1.83 bits per heavy atom. The van der Waals surface area contributed by atoms with E-state index in [4.69, 9.17) is 21.8 Å². The summed E-state index contributed by atoms with van der Waals surface area (Å²) in [6.07, 6.45) is -0.901. The molecule has 0 radical (unpaired) electrons. The number of likely N-dealkylation sites (tertiary alicyclic amines) is 1. The number of carboxylic acid groups (broad SMARTS) is 2. The standard InChI is InChI=1S/C12H12ClNO4/c13-9-3-1-7(2-4-9)8-5-10(11(15)16)14(6-8)12(17)18/h1-4,8,10H,5-6H2,(H,15,16)(H,17,18)/t8?,10-/m1/s1. The van der Waals surface area contributed by atoms with E-state index < -0.39 is 18.1 Å². The largest absolute Gasteiger partial charge is 0.480 e. The highest BCUT2D eigenvalue weighted by Gasteiger charge is 2.40. The summed E-state index contributed by atoms with van der Waals surface area (Å²) in [5, 5.41) is 18.6. The van der Waals surface area contributed by atoms with Crippen LogP contribution in [0.25, 0.3) is 0 Å². The first-order valence-electron chi connectivity index (χ1n) is 5.47. The molecule has 1 aliphatic rings. The van der Waals surface area contributed by atoms with Gasteiger partial charge in [-0.25, -0.2) is 9.59 Å². The average Bonchev–Trinajstić information content (AvgIpc) is 2.75. The number of hydrogen-bond acceptors (Lipinski definition) is 2. The second-order valence-corrected chi connectivity index (χ2v) is 4.71. The van der Waals surface area contributed by atoms with Crippen LogP contribution in [0.5, 0.6) is 0 Å². The topological polar surface area (TPSA) is 77.8 Å². The number of hydrogen-bond donors (Lipinski definition) is 2. The van der Waals surface area contributed by atoms with Crippen LogP contribution < -0.4 is 0 Å². The molecule has 0 aliphatic carbocycles. The van der Waals surface area contributed by atoms with Crippen molar-refractivity contribution in [2.75, 3.05) is 6.54 Å². The number of carbonyl (C=O) groups is 2. The molecule has 1 heterocycles. The zero-order valence-electron chi connectivity index (χ0n) is 9.41. The highest BCUT2D eigenvalue weighted by Crippen LogP contribution is 2.32. The maximum atomic E-state index is 11.0. The summed E-state index contributed by atoms with van der Waals surface area (Å²) in [4.78, 5) is 23.0. The van der Waals surface area contributed by atoms with Crippen LogP contribution in [0.15, 0.2) is 24.3 Å². The third-order valence-electron chi connectivity index (χ3n) is 3.17. The first-order chi connectivity index (χ1) is 8.49. The van der Waals surface area contributed by atoms with Crippen molar-refractivity contribution in [2.45, 2.75) is 18.4 Å². The molecular weight excluding hydrogens is 258 g/mol. The first kappa shape index (κ1) is 12.7. The van der Waals surface area contributed by atoms with Crippen molar-refractivity contribution in [2.24, 2.45) is 0 Å². The van der Waals surface area contributed by atoms with Crippen molar-refractivity contribution < 1.29 is 19.8 Å². The van der Waals surface area contributed by atoms with Crippen LogP contribution in [-0.2, 0) is 4.79 Å². The quantitative estimate of drug-likeness (QED) is 0.863. The van der Waals surface area contributed by atoms with E-state index in [2.05, 4.69) is 0 Å². The molecule has 2 N–H and O–H groups in total. The first-order valence-corrected chi connectivity index (χ1v) is 5.84. The summed E-state index contributed by atoms with van der Waals surface area (Å²) >= 11 is 5.78. The van der Waals surface area contributed by atoms with E-state index in [-0.39, 0.29) is 12.5 Å². The van der Waals surface area contributed by atoms with Gasteiger partial charge in [0, 0.05) is 17.5 Å². The average molecular weight is 270 g/mol. The van der Waals surface area contributed by atoms with Crippen molar-refractivity contribution in [1.29, 1.82) is 0 Å². The predicted octanol–water partition coefficient (Wildman–Crippen LogP) is 2.26. The molecule has 18 heavy (non-hydrogen) atoms. The SMILES string of the molecule is O=C(O)[C@H]1CC(c2ccc(Cl)cc2)CN1C(=O)O. The number of aliphatic carboxylic acids is 1. The zero-order chi connectivity index (χ0) is 13.3. The van der Waals surface area contributed by atoms with E-state index in [0.717, 1.165) is 10.5 Å². The van der Waals surface area contributed by atoms with Crippen LogP contribution >= 0.6 is 11.6 Å². The van der Waals surface area contributed by atoms with E-state index in [0.29, 0.717) is 11.4 Å². The van der Waals surface area contributed by atoms with Gasteiger partial charge >= 0.3 is 12.1 Å². The van der Waals surface area contributed by atoms with Gasteiger partial charge in [0.05, 0.1) is 0 Å². The summed E-state index contributed by atoms with van der Waals surface area (Å²) in [7, 11) is 0. The summed E-state index contributed by atoms with van der Waals surface area (Å²) in [5.74, 6) is -1.20. The van der Waals surface area contributed by atoms with Gasteiger partial charge in [0.15, 0.2) is 0 Å². The normalized spacial score (nSPS) is 23.1. The third kappa shape index (κ3) is 2.41. The van der Waals surface area contributed by atoms with Gasteiger partial charge in [-0.2, -0.15) is 0 Å². The van der Waals surface area contributed by atoms with E-state index in [1.54, 1.807) is 24.3 Å². The molecule has 1 amide bonds. The van der Waals surface area contributed by atoms with Crippen LogP contribution in [0.2, 0.25) is 5.02 Å². The minimum Gasteiger partial charge on any atom is -0.480 e. The second-order valence-electron chi connectivity index (χ2n) is 4.27. The Kier molecular flexibility index (Phi) is 3.43. The molecule has 1 aromatic rings. The minimum absolute atomic E-state index is 0.0977. The van der Waals surface area contributed by atoms with Crippen LogP contribution in [-0.4, -0.2) is 39.8 Å². The van der Waals surface area contributed by atoms with Gasteiger partial charge in [-0.3, -0.25) is 4.90 Å². The Bertz CT molecular complexity index is 451. The molecule has 1 aliphatic heterocycles. The number of benzene rings is 1. The fraction of sp³-hybridized carbons (Fsp3) is 0.333. The molecule has 0 spiro atoms.